The Bertz CT molecular complexity index is 796. The van der Waals surface area contributed by atoms with Gasteiger partial charge in [0, 0.05) is 0 Å². The Morgan fingerprint density at radius 1 is 1.17 bits per heavy atom. The molecule has 0 nitrogen and oxygen atoms in total. The maximum atomic E-state index is 6.10. The molecule has 3 atom stereocenters. The minimum absolute atomic E-state index is 0.528. The van der Waals surface area contributed by atoms with Gasteiger partial charge >= 0.3 is 0 Å². The molecule has 0 fully saturated rings. The molecule has 0 bridgehead atoms. The van der Waals surface area contributed by atoms with Crippen LogP contribution in [-0.2, 0) is 0 Å². The van der Waals surface area contributed by atoms with Crippen molar-refractivity contribution in [3.63, 3.8) is 0 Å². The highest BCUT2D eigenvalue weighted by Gasteiger charge is 2.36. The van der Waals surface area contributed by atoms with Crippen LogP contribution in [0.25, 0.3) is 0 Å². The third-order valence-corrected chi connectivity index (χ3v) is 7.68. The van der Waals surface area contributed by atoms with Gasteiger partial charge in [0.2, 0.25) is 0 Å². The lowest BCUT2D eigenvalue weighted by molar-refractivity contribution is 0.273. The summed E-state index contributed by atoms with van der Waals surface area (Å²) in [5.74, 6) is 2.49. The lowest BCUT2D eigenvalue weighted by Crippen LogP contribution is -2.31. The van der Waals surface area contributed by atoms with Gasteiger partial charge in [-0.2, -0.15) is 0 Å². The molecule has 0 aromatic rings. The van der Waals surface area contributed by atoms with E-state index in [1.54, 1.807) is 0 Å². The molecule has 3 aliphatic rings. The second-order valence-electron chi connectivity index (χ2n) is 9.54. The molecule has 0 aromatic heterocycles. The average molecular weight is 398 g/mol. The highest BCUT2D eigenvalue weighted by atomic mass is 14.4. The molecule has 3 aliphatic carbocycles. The van der Waals surface area contributed by atoms with Gasteiger partial charge in [0.25, 0.3) is 0 Å². The van der Waals surface area contributed by atoms with E-state index in [-0.39, 0.29) is 0 Å². The smallest absolute Gasteiger partial charge is 0.101 e. The normalized spacial score (nSPS) is 26.0. The summed E-state index contributed by atoms with van der Waals surface area (Å²) in [4.78, 5) is 0. The lowest BCUT2D eigenvalue weighted by Gasteiger charge is -2.41. The summed E-state index contributed by atoms with van der Waals surface area (Å²) in [6.45, 7) is 18.1. The zero-order valence-electron chi connectivity index (χ0n) is 19.3. The predicted octanol–water partition coefficient (Wildman–Crippen LogP) is 8.17. The molecule has 0 heterocycles. The summed E-state index contributed by atoms with van der Waals surface area (Å²) in [6, 6.07) is 0. The zero-order valence-corrected chi connectivity index (χ0v) is 19.3. The van der Waals surface area contributed by atoms with Crippen LogP contribution in [0.2, 0.25) is 0 Å². The number of fused-ring (bicyclic) bond motifs is 1. The fraction of sp³-hybridized carbons (Fsp3) is 0.517. The van der Waals surface area contributed by atoms with Crippen LogP contribution >= 0.6 is 0 Å². The van der Waals surface area contributed by atoms with Gasteiger partial charge in [0.15, 0.2) is 0 Å². The van der Waals surface area contributed by atoms with Crippen molar-refractivity contribution in [2.75, 3.05) is 0 Å². The van der Waals surface area contributed by atoms with Gasteiger partial charge in [-0.15, -0.1) is 5.47 Å². The molecule has 0 N–H and O–H groups in total. The van der Waals surface area contributed by atoms with Crippen LogP contribution in [0.5, 0.6) is 0 Å². The Morgan fingerprint density at radius 2 is 1.90 bits per heavy atom. The van der Waals surface area contributed by atoms with Gasteiger partial charge < -0.3 is 0 Å². The molecular formula is C29H39B. The summed E-state index contributed by atoms with van der Waals surface area (Å²) >= 11 is 0. The summed E-state index contributed by atoms with van der Waals surface area (Å²) < 4.78 is 0. The van der Waals surface area contributed by atoms with Gasteiger partial charge in [-0.25, -0.2) is 0 Å². The molecule has 158 valence electrons. The van der Waals surface area contributed by atoms with Crippen molar-refractivity contribution < 1.29 is 0 Å². The minimum Gasteiger partial charge on any atom is -0.101 e. The first-order valence-corrected chi connectivity index (χ1v) is 12.0. The topological polar surface area (TPSA) is 0 Å². The van der Waals surface area contributed by atoms with E-state index in [1.165, 1.54) is 41.6 Å². The molecule has 2 radical (unpaired) electrons. The molecule has 0 spiro atoms. The van der Waals surface area contributed by atoms with Crippen LogP contribution in [-0.4, -0.2) is 7.85 Å². The number of hydrogen-bond donors (Lipinski definition) is 0. The van der Waals surface area contributed by atoms with Crippen molar-refractivity contribution >= 4 is 7.85 Å². The maximum Gasteiger partial charge on any atom is 0.113 e. The number of hydrogen-bond acceptors (Lipinski definition) is 0. The van der Waals surface area contributed by atoms with Crippen molar-refractivity contribution in [1.29, 1.82) is 0 Å². The second-order valence-corrected chi connectivity index (χ2v) is 9.54. The van der Waals surface area contributed by atoms with Gasteiger partial charge in [0.05, 0.1) is 0 Å². The van der Waals surface area contributed by atoms with E-state index >= 15 is 0 Å². The Kier molecular flexibility index (Phi) is 8.03. The fourth-order valence-electron chi connectivity index (χ4n) is 5.53. The molecule has 0 amide bonds. The van der Waals surface area contributed by atoms with Crippen molar-refractivity contribution in [2.45, 2.75) is 71.6 Å². The Balaban J connectivity index is 1.80. The first-order valence-electron chi connectivity index (χ1n) is 12.0. The van der Waals surface area contributed by atoms with Crippen molar-refractivity contribution in [3.05, 3.63) is 83.5 Å². The Hall–Kier alpha value is -1.76. The van der Waals surface area contributed by atoms with Crippen LogP contribution in [0, 0.1) is 23.7 Å². The third-order valence-electron chi connectivity index (χ3n) is 7.68. The van der Waals surface area contributed by atoms with Gasteiger partial charge in [-0.05, 0) is 90.9 Å². The molecule has 0 aliphatic heterocycles. The fourth-order valence-corrected chi connectivity index (χ4v) is 5.53. The third kappa shape index (κ3) is 5.29. The molecular weight excluding hydrogens is 359 g/mol. The van der Waals surface area contributed by atoms with Crippen molar-refractivity contribution in [2.24, 2.45) is 23.7 Å². The summed E-state index contributed by atoms with van der Waals surface area (Å²) in [7, 11) is 6.10. The highest BCUT2D eigenvalue weighted by molar-refractivity contribution is 6.23. The Labute approximate surface area is 186 Å². The quantitative estimate of drug-likeness (QED) is 0.209. The van der Waals surface area contributed by atoms with E-state index < -0.39 is 0 Å². The first-order chi connectivity index (χ1) is 14.4. The molecule has 0 saturated heterocycles. The minimum atomic E-state index is 0.528. The first kappa shape index (κ1) is 22.9. The van der Waals surface area contributed by atoms with Crippen LogP contribution in [0.1, 0.15) is 71.6 Å². The standard InChI is InChI=1S/C29H39B/c1-6-23(7-2)16-15-20(3)21(4)29-19-25(17-24-11-10-12-26(30)18-24)28-14-9-8-13-27(28)22(29)5/h8-9,12,18-19,23,25,27-28H,3-7,10-11,13-17H2,1-2H3/t25?,27?,28-/m1/s1. The SMILES string of the molecule is [B]C1=CCCC(CC2C=C(C(=C)C(=C)CCC(CC)CC)C(=C)C3CC=CC[C@H]23)=C1. The van der Waals surface area contributed by atoms with Crippen LogP contribution in [0.15, 0.2) is 83.5 Å². The van der Waals surface area contributed by atoms with E-state index in [0.717, 1.165) is 55.5 Å². The molecule has 30 heavy (non-hydrogen) atoms. The zero-order chi connectivity index (χ0) is 21.7. The van der Waals surface area contributed by atoms with Crippen LogP contribution < -0.4 is 0 Å². The van der Waals surface area contributed by atoms with E-state index in [0.29, 0.717) is 17.8 Å². The van der Waals surface area contributed by atoms with E-state index in [1.807, 2.05) is 0 Å². The van der Waals surface area contributed by atoms with Crippen molar-refractivity contribution in [1.82, 2.24) is 0 Å². The van der Waals surface area contributed by atoms with E-state index in [9.17, 15) is 0 Å². The molecule has 1 heteroatoms. The lowest BCUT2D eigenvalue weighted by atomic mass is 9.63. The van der Waals surface area contributed by atoms with Crippen molar-refractivity contribution in [3.8, 4) is 0 Å². The maximum absolute atomic E-state index is 6.10. The monoisotopic (exact) mass is 398 g/mol. The molecule has 3 rings (SSSR count). The average Bonchev–Trinajstić information content (AvgIpc) is 2.76. The summed E-state index contributed by atoms with van der Waals surface area (Å²) in [5, 5.41) is 0. The second kappa shape index (κ2) is 10.5. The van der Waals surface area contributed by atoms with Gasteiger partial charge in [-0.1, -0.05) is 82.4 Å². The van der Waals surface area contributed by atoms with Crippen LogP contribution in [0.4, 0.5) is 0 Å². The number of allylic oxidation sites excluding steroid dienone is 11. The van der Waals surface area contributed by atoms with Crippen LogP contribution in [0.3, 0.4) is 0 Å². The summed E-state index contributed by atoms with van der Waals surface area (Å²) in [6.07, 6.45) is 21.9. The van der Waals surface area contributed by atoms with Gasteiger partial charge in [0.1, 0.15) is 7.85 Å². The predicted molar refractivity (Wildman–Crippen MR) is 133 cm³/mol. The molecule has 0 aromatic carbocycles. The molecule has 0 saturated carbocycles. The van der Waals surface area contributed by atoms with E-state index in [2.05, 4.69) is 64.0 Å². The molecule has 2 unspecified atom stereocenters. The summed E-state index contributed by atoms with van der Waals surface area (Å²) in [5.41, 5.74) is 7.31. The Morgan fingerprint density at radius 3 is 2.60 bits per heavy atom. The van der Waals surface area contributed by atoms with E-state index in [4.69, 9.17) is 7.85 Å². The van der Waals surface area contributed by atoms with Gasteiger partial charge in [-0.3, -0.25) is 0 Å². The largest absolute Gasteiger partial charge is 0.113 e. The number of rotatable bonds is 9. The highest BCUT2D eigenvalue weighted by Crippen LogP contribution is 2.48.